The highest BCUT2D eigenvalue weighted by atomic mass is 16.5. The van der Waals surface area contributed by atoms with Crippen LogP contribution in [0.1, 0.15) is 32.0 Å². The predicted octanol–water partition coefficient (Wildman–Crippen LogP) is 2.98. The molecule has 0 aliphatic carbocycles. The summed E-state index contributed by atoms with van der Waals surface area (Å²) in [5.74, 6) is 1.17. The summed E-state index contributed by atoms with van der Waals surface area (Å²) in [6.07, 6.45) is 1.57. The van der Waals surface area contributed by atoms with E-state index in [0.29, 0.717) is 62.2 Å². The number of nitrogens with zero attached hydrogens (tertiary/aromatic N) is 3. The number of carbonyl (C=O) groups excluding carboxylic acids is 2. The van der Waals surface area contributed by atoms with Crippen molar-refractivity contribution in [2.45, 2.75) is 32.7 Å². The molecule has 2 heterocycles. The summed E-state index contributed by atoms with van der Waals surface area (Å²) >= 11 is 0. The first-order chi connectivity index (χ1) is 16.5. The highest BCUT2D eigenvalue weighted by molar-refractivity contribution is 5.80. The number of H-pyrrole nitrogens is 1. The van der Waals surface area contributed by atoms with Gasteiger partial charge in [0.2, 0.25) is 11.8 Å². The van der Waals surface area contributed by atoms with E-state index in [1.807, 2.05) is 48.2 Å². The lowest BCUT2D eigenvalue weighted by molar-refractivity contribution is -0.141. The summed E-state index contributed by atoms with van der Waals surface area (Å²) in [5.41, 5.74) is 0.417. The molecule has 0 bridgehead atoms. The van der Waals surface area contributed by atoms with Gasteiger partial charge in [-0.25, -0.2) is 4.98 Å². The van der Waals surface area contributed by atoms with Gasteiger partial charge in [-0.2, -0.15) is 0 Å². The van der Waals surface area contributed by atoms with E-state index in [1.54, 1.807) is 23.1 Å². The number of ether oxygens (including phenoxy) is 1. The number of aromatic amines is 1. The topological polar surface area (TPSA) is 95.6 Å². The van der Waals surface area contributed by atoms with Gasteiger partial charge in [0.15, 0.2) is 0 Å². The normalized spacial score (nSPS) is 14.2. The van der Waals surface area contributed by atoms with Crippen LogP contribution in [0.2, 0.25) is 0 Å². The number of carbonyl (C=O) groups is 2. The van der Waals surface area contributed by atoms with Gasteiger partial charge in [-0.05, 0) is 44.0 Å². The molecule has 2 aromatic carbocycles. The number of piperidine rings is 1. The molecule has 178 valence electrons. The minimum Gasteiger partial charge on any atom is -0.493 e. The molecule has 1 N–H and O–H groups in total. The minimum atomic E-state index is -0.202. The molecule has 3 aromatic rings. The average molecular weight is 463 g/mol. The molecule has 0 atom stereocenters. The van der Waals surface area contributed by atoms with Crippen LogP contribution in [0.3, 0.4) is 0 Å². The smallest absolute Gasteiger partial charge is 0.258 e. The molecule has 0 saturated carbocycles. The van der Waals surface area contributed by atoms with Gasteiger partial charge in [0.05, 0.1) is 30.5 Å². The summed E-state index contributed by atoms with van der Waals surface area (Å²) in [6, 6.07) is 16.6. The third-order valence-electron chi connectivity index (χ3n) is 6.22. The maximum Gasteiger partial charge on any atom is 0.258 e. The third kappa shape index (κ3) is 5.62. The maximum atomic E-state index is 13.2. The summed E-state index contributed by atoms with van der Waals surface area (Å²) in [6.45, 7) is 4.15. The number of fused-ring (bicyclic) bond motifs is 1. The fraction of sp³-hybridized carbons (Fsp3) is 0.385. The van der Waals surface area contributed by atoms with Crippen molar-refractivity contribution in [2.24, 2.45) is 5.92 Å². The molecule has 1 aliphatic rings. The van der Waals surface area contributed by atoms with Crippen LogP contribution in [0, 0.1) is 5.92 Å². The Bertz CT molecular complexity index is 1190. The van der Waals surface area contributed by atoms with Gasteiger partial charge in [0, 0.05) is 25.6 Å². The molecule has 8 heteroatoms. The van der Waals surface area contributed by atoms with Gasteiger partial charge in [0.1, 0.15) is 11.6 Å². The first-order valence-corrected chi connectivity index (χ1v) is 11.8. The van der Waals surface area contributed by atoms with E-state index in [2.05, 4.69) is 9.97 Å². The summed E-state index contributed by atoms with van der Waals surface area (Å²) in [4.78, 5) is 48.9. The van der Waals surface area contributed by atoms with Crippen molar-refractivity contribution in [3.8, 4) is 5.75 Å². The molecule has 2 amide bonds. The Morgan fingerprint density at radius 1 is 1.09 bits per heavy atom. The van der Waals surface area contributed by atoms with E-state index >= 15 is 0 Å². The van der Waals surface area contributed by atoms with E-state index in [1.165, 1.54) is 0 Å². The zero-order valence-corrected chi connectivity index (χ0v) is 19.4. The van der Waals surface area contributed by atoms with Crippen LogP contribution in [0.4, 0.5) is 0 Å². The number of hydrogen-bond donors (Lipinski definition) is 1. The van der Waals surface area contributed by atoms with Gasteiger partial charge in [0.25, 0.3) is 5.56 Å². The molecule has 8 nitrogen and oxygen atoms in total. The molecular formula is C26H30N4O4. The van der Waals surface area contributed by atoms with Crippen molar-refractivity contribution in [3.63, 3.8) is 0 Å². The second kappa shape index (κ2) is 11.0. The quantitative estimate of drug-likeness (QED) is 0.555. The molecule has 0 radical (unpaired) electrons. The molecule has 1 aromatic heterocycles. The first kappa shape index (κ1) is 23.5. The summed E-state index contributed by atoms with van der Waals surface area (Å²) in [5, 5.41) is 0.534. The number of hydrogen-bond acceptors (Lipinski definition) is 5. The highest BCUT2D eigenvalue weighted by Crippen LogP contribution is 2.21. The predicted molar refractivity (Wildman–Crippen MR) is 129 cm³/mol. The van der Waals surface area contributed by atoms with Crippen molar-refractivity contribution in [2.75, 3.05) is 26.2 Å². The average Bonchev–Trinajstić information content (AvgIpc) is 2.87. The van der Waals surface area contributed by atoms with Crippen LogP contribution in [0.25, 0.3) is 10.9 Å². The molecule has 1 aliphatic heterocycles. The van der Waals surface area contributed by atoms with Gasteiger partial charge >= 0.3 is 0 Å². The Hall–Kier alpha value is -3.68. The van der Waals surface area contributed by atoms with Gasteiger partial charge in [-0.3, -0.25) is 14.4 Å². The summed E-state index contributed by atoms with van der Waals surface area (Å²) < 4.78 is 5.63. The maximum absolute atomic E-state index is 13.2. The van der Waals surface area contributed by atoms with Crippen molar-refractivity contribution in [1.29, 1.82) is 0 Å². The van der Waals surface area contributed by atoms with E-state index in [-0.39, 0.29) is 29.8 Å². The van der Waals surface area contributed by atoms with Gasteiger partial charge in [-0.15, -0.1) is 0 Å². The molecule has 0 unspecified atom stereocenters. The molecule has 0 spiro atoms. The minimum absolute atomic E-state index is 0.0396. The number of aromatic nitrogens is 2. The van der Waals surface area contributed by atoms with Crippen molar-refractivity contribution >= 4 is 22.7 Å². The fourth-order valence-electron chi connectivity index (χ4n) is 4.30. The molecule has 1 saturated heterocycles. The Balaban J connectivity index is 1.28. The largest absolute Gasteiger partial charge is 0.493 e. The second-order valence-electron chi connectivity index (χ2n) is 8.45. The zero-order valence-electron chi connectivity index (χ0n) is 19.4. The van der Waals surface area contributed by atoms with Crippen molar-refractivity contribution < 1.29 is 14.3 Å². The van der Waals surface area contributed by atoms with Gasteiger partial charge in [-0.1, -0.05) is 30.3 Å². The molecule has 1 fully saturated rings. The summed E-state index contributed by atoms with van der Waals surface area (Å²) in [7, 11) is 0. The lowest BCUT2D eigenvalue weighted by atomic mass is 9.95. The van der Waals surface area contributed by atoms with Crippen LogP contribution in [0.15, 0.2) is 59.4 Å². The zero-order chi connectivity index (χ0) is 23.9. The lowest BCUT2D eigenvalue weighted by Crippen LogP contribution is -2.44. The van der Waals surface area contributed by atoms with E-state index in [0.717, 1.165) is 5.75 Å². The lowest BCUT2D eigenvalue weighted by Gasteiger charge is -2.34. The van der Waals surface area contributed by atoms with Crippen molar-refractivity contribution in [3.05, 3.63) is 70.8 Å². The van der Waals surface area contributed by atoms with E-state index in [9.17, 15) is 14.4 Å². The van der Waals surface area contributed by atoms with E-state index in [4.69, 9.17) is 4.74 Å². The highest BCUT2D eigenvalue weighted by Gasteiger charge is 2.30. The molecule has 4 rings (SSSR count). The van der Waals surface area contributed by atoms with Crippen LogP contribution in [0.5, 0.6) is 5.75 Å². The third-order valence-corrected chi connectivity index (χ3v) is 6.22. The van der Waals surface area contributed by atoms with Crippen molar-refractivity contribution in [1.82, 2.24) is 19.8 Å². The molecule has 34 heavy (non-hydrogen) atoms. The number of rotatable bonds is 8. The Morgan fingerprint density at radius 3 is 2.53 bits per heavy atom. The first-order valence-electron chi connectivity index (χ1n) is 11.8. The second-order valence-corrected chi connectivity index (χ2v) is 8.45. The number of nitrogens with one attached hydrogen (secondary N) is 1. The Morgan fingerprint density at radius 2 is 1.79 bits per heavy atom. The number of benzene rings is 2. The standard InChI is InChI=1S/C26H30N4O4/c1-2-29(18-23-27-22-11-7-6-10-21(22)25(32)28-23)26(33)19-12-15-30(16-13-19)24(31)14-17-34-20-8-4-3-5-9-20/h3-11,19H,2,12-18H2,1H3,(H,27,28,32). The Labute approximate surface area is 198 Å². The van der Waals surface area contributed by atoms with Crippen LogP contribution in [-0.2, 0) is 16.1 Å². The number of para-hydroxylation sites is 2. The fourth-order valence-corrected chi connectivity index (χ4v) is 4.30. The van der Waals surface area contributed by atoms with Gasteiger partial charge < -0.3 is 19.5 Å². The van der Waals surface area contributed by atoms with Crippen LogP contribution >= 0.6 is 0 Å². The number of likely N-dealkylation sites (tertiary alicyclic amines) is 1. The number of amides is 2. The van der Waals surface area contributed by atoms with Crippen LogP contribution < -0.4 is 10.3 Å². The Kier molecular flexibility index (Phi) is 7.57. The molecular weight excluding hydrogens is 432 g/mol. The van der Waals surface area contributed by atoms with Crippen LogP contribution in [-0.4, -0.2) is 57.8 Å². The SMILES string of the molecule is CCN(Cc1nc2ccccc2c(=O)[nH]1)C(=O)C1CCN(C(=O)CCOc2ccccc2)CC1. The van der Waals surface area contributed by atoms with E-state index < -0.39 is 0 Å². The monoisotopic (exact) mass is 462 g/mol.